The summed E-state index contributed by atoms with van der Waals surface area (Å²) < 4.78 is 22.6. The molecule has 2 aromatic rings. The predicted molar refractivity (Wildman–Crippen MR) is 108 cm³/mol. The molecule has 2 rings (SSSR count). The predicted octanol–water partition coefficient (Wildman–Crippen LogP) is 3.40. The van der Waals surface area contributed by atoms with Gasteiger partial charge in [0.05, 0.1) is 5.75 Å². The first-order valence-electron chi connectivity index (χ1n) is 7.91. The topological polar surface area (TPSA) is 70.6 Å². The average Bonchev–Trinajstić information content (AvgIpc) is 2.56. The van der Waals surface area contributed by atoms with Crippen molar-refractivity contribution in [3.63, 3.8) is 0 Å². The Hall–Kier alpha value is -1.76. The Bertz CT molecular complexity index is 882. The molecule has 0 aromatic heterocycles. The Balaban J connectivity index is 1.88. The van der Waals surface area contributed by atoms with Gasteiger partial charge >= 0.3 is 0 Å². The minimum absolute atomic E-state index is 0.0474. The maximum Gasteiger partial charge on any atom is 0.191 e. The molecule has 0 aliphatic rings. The number of rotatable bonds is 6. The SMILES string of the molecule is CN=C(NCc1ccc(CS(C)(=O)=O)cc1)NCc1ccc(Cl)cc1Cl. The van der Waals surface area contributed by atoms with Crippen molar-refractivity contribution in [3.8, 4) is 0 Å². The fourth-order valence-corrected chi connectivity index (χ4v) is 3.58. The van der Waals surface area contributed by atoms with Crippen LogP contribution < -0.4 is 10.6 Å². The van der Waals surface area contributed by atoms with E-state index in [1.165, 1.54) is 6.26 Å². The van der Waals surface area contributed by atoms with Crippen LogP contribution in [0.2, 0.25) is 10.0 Å². The molecule has 0 heterocycles. The van der Waals surface area contributed by atoms with Crippen molar-refractivity contribution in [1.29, 1.82) is 0 Å². The highest BCUT2D eigenvalue weighted by Crippen LogP contribution is 2.20. The Morgan fingerprint density at radius 2 is 1.62 bits per heavy atom. The smallest absolute Gasteiger partial charge is 0.191 e. The average molecular weight is 414 g/mol. The van der Waals surface area contributed by atoms with Crippen LogP contribution >= 0.6 is 23.2 Å². The van der Waals surface area contributed by atoms with Gasteiger partial charge in [-0.15, -0.1) is 0 Å². The van der Waals surface area contributed by atoms with Gasteiger partial charge in [0.1, 0.15) is 0 Å². The number of aliphatic imine (C=N–C) groups is 1. The zero-order valence-corrected chi connectivity index (χ0v) is 16.9. The van der Waals surface area contributed by atoms with Gasteiger partial charge in [-0.25, -0.2) is 8.42 Å². The van der Waals surface area contributed by atoms with Gasteiger partial charge in [-0.2, -0.15) is 0 Å². The first-order valence-corrected chi connectivity index (χ1v) is 10.7. The van der Waals surface area contributed by atoms with E-state index in [-0.39, 0.29) is 5.75 Å². The zero-order valence-electron chi connectivity index (χ0n) is 14.6. The Labute approximate surface area is 164 Å². The molecule has 0 unspecified atom stereocenters. The third-order valence-corrected chi connectivity index (χ3v) is 5.04. The maximum atomic E-state index is 11.3. The summed E-state index contributed by atoms with van der Waals surface area (Å²) in [7, 11) is -1.33. The quantitative estimate of drug-likeness (QED) is 0.562. The lowest BCUT2D eigenvalue weighted by atomic mass is 10.1. The molecule has 2 aromatic carbocycles. The van der Waals surface area contributed by atoms with Gasteiger partial charge in [0, 0.05) is 36.4 Å². The highest BCUT2D eigenvalue weighted by Gasteiger charge is 2.05. The van der Waals surface area contributed by atoms with Crippen LogP contribution in [0.3, 0.4) is 0 Å². The van der Waals surface area contributed by atoms with E-state index in [4.69, 9.17) is 23.2 Å². The van der Waals surface area contributed by atoms with Crippen LogP contribution in [0.4, 0.5) is 0 Å². The van der Waals surface area contributed by atoms with E-state index in [0.717, 1.165) is 16.7 Å². The molecule has 0 amide bonds. The fraction of sp³-hybridized carbons (Fsp3) is 0.278. The molecule has 0 spiro atoms. The minimum Gasteiger partial charge on any atom is -0.352 e. The van der Waals surface area contributed by atoms with Gasteiger partial charge in [0.25, 0.3) is 0 Å². The van der Waals surface area contributed by atoms with Crippen LogP contribution in [0.25, 0.3) is 0 Å². The number of nitrogens with one attached hydrogen (secondary N) is 2. The van der Waals surface area contributed by atoms with Gasteiger partial charge in [0.2, 0.25) is 0 Å². The second kappa shape index (κ2) is 9.26. The molecule has 0 bridgehead atoms. The summed E-state index contributed by atoms with van der Waals surface area (Å²) in [6.07, 6.45) is 1.23. The van der Waals surface area contributed by atoms with Gasteiger partial charge < -0.3 is 10.6 Å². The molecular formula is C18H21Cl2N3O2S. The minimum atomic E-state index is -3.02. The number of sulfone groups is 1. The third kappa shape index (κ3) is 6.86. The molecule has 0 radical (unpaired) electrons. The van der Waals surface area contributed by atoms with Crippen LogP contribution in [-0.2, 0) is 28.7 Å². The van der Waals surface area contributed by atoms with Crippen molar-refractivity contribution in [2.45, 2.75) is 18.8 Å². The van der Waals surface area contributed by atoms with E-state index in [1.807, 2.05) is 30.3 Å². The number of benzene rings is 2. The zero-order chi connectivity index (χ0) is 19.2. The second-order valence-corrected chi connectivity index (χ2v) is 8.89. The molecule has 140 valence electrons. The summed E-state index contributed by atoms with van der Waals surface area (Å²) in [4.78, 5) is 4.18. The van der Waals surface area contributed by atoms with E-state index in [1.54, 1.807) is 19.2 Å². The first kappa shape index (κ1) is 20.6. The van der Waals surface area contributed by atoms with E-state index >= 15 is 0 Å². The highest BCUT2D eigenvalue weighted by molar-refractivity contribution is 7.89. The van der Waals surface area contributed by atoms with Crippen LogP contribution in [0.1, 0.15) is 16.7 Å². The molecule has 0 aliphatic heterocycles. The lowest BCUT2D eigenvalue weighted by Gasteiger charge is -2.13. The van der Waals surface area contributed by atoms with Gasteiger partial charge in [0.15, 0.2) is 15.8 Å². The summed E-state index contributed by atoms with van der Waals surface area (Å²) in [6, 6.07) is 12.8. The van der Waals surface area contributed by atoms with E-state index in [2.05, 4.69) is 15.6 Å². The van der Waals surface area contributed by atoms with E-state index in [9.17, 15) is 8.42 Å². The van der Waals surface area contributed by atoms with Gasteiger partial charge in [-0.1, -0.05) is 53.5 Å². The van der Waals surface area contributed by atoms with Crippen molar-refractivity contribution < 1.29 is 8.42 Å². The molecule has 0 atom stereocenters. The normalized spacial score (nSPS) is 12.1. The van der Waals surface area contributed by atoms with Crippen molar-refractivity contribution in [2.24, 2.45) is 4.99 Å². The van der Waals surface area contributed by atoms with Crippen molar-refractivity contribution in [3.05, 3.63) is 69.2 Å². The Morgan fingerprint density at radius 3 is 2.19 bits per heavy atom. The van der Waals surface area contributed by atoms with Crippen LogP contribution in [0.5, 0.6) is 0 Å². The molecule has 0 saturated heterocycles. The number of nitrogens with zero attached hydrogens (tertiary/aromatic N) is 1. The van der Waals surface area contributed by atoms with Crippen molar-refractivity contribution >= 4 is 39.0 Å². The van der Waals surface area contributed by atoms with Crippen LogP contribution in [-0.4, -0.2) is 27.7 Å². The molecule has 0 saturated carbocycles. The standard InChI is InChI=1S/C18H21Cl2N3O2S/c1-21-18(23-11-15-7-8-16(19)9-17(15)20)22-10-13-3-5-14(6-4-13)12-26(2,24)25/h3-9H,10-12H2,1-2H3,(H2,21,22,23). The monoisotopic (exact) mass is 413 g/mol. The first-order chi connectivity index (χ1) is 12.3. The molecule has 8 heteroatoms. The fourth-order valence-electron chi connectivity index (χ4n) is 2.31. The van der Waals surface area contributed by atoms with Crippen LogP contribution in [0, 0.1) is 0 Å². The van der Waals surface area contributed by atoms with E-state index < -0.39 is 9.84 Å². The molecule has 2 N–H and O–H groups in total. The van der Waals surface area contributed by atoms with Gasteiger partial charge in [-0.05, 0) is 28.8 Å². The molecular weight excluding hydrogens is 393 g/mol. The highest BCUT2D eigenvalue weighted by atomic mass is 35.5. The Kier molecular flexibility index (Phi) is 7.32. The lowest BCUT2D eigenvalue weighted by molar-refractivity contribution is 0.601. The molecule has 5 nitrogen and oxygen atoms in total. The maximum absolute atomic E-state index is 11.3. The molecule has 0 aliphatic carbocycles. The van der Waals surface area contributed by atoms with E-state index in [0.29, 0.717) is 29.1 Å². The lowest BCUT2D eigenvalue weighted by Crippen LogP contribution is -2.36. The summed E-state index contributed by atoms with van der Waals surface area (Å²) in [5.74, 6) is 0.683. The number of halogens is 2. The van der Waals surface area contributed by atoms with Gasteiger partial charge in [-0.3, -0.25) is 4.99 Å². The number of hydrogen-bond acceptors (Lipinski definition) is 3. The van der Waals surface area contributed by atoms with Crippen molar-refractivity contribution in [2.75, 3.05) is 13.3 Å². The number of guanidine groups is 1. The summed E-state index contributed by atoms with van der Waals surface area (Å²) in [5, 5.41) is 7.59. The third-order valence-electron chi connectivity index (χ3n) is 3.60. The molecule has 26 heavy (non-hydrogen) atoms. The summed E-state index contributed by atoms with van der Waals surface area (Å²) >= 11 is 12.1. The van der Waals surface area contributed by atoms with Crippen molar-refractivity contribution in [1.82, 2.24) is 10.6 Å². The summed E-state index contributed by atoms with van der Waals surface area (Å²) in [6.45, 7) is 1.08. The number of hydrogen-bond donors (Lipinski definition) is 2. The molecule has 0 fully saturated rings. The van der Waals surface area contributed by atoms with Crippen LogP contribution in [0.15, 0.2) is 47.5 Å². The Morgan fingerprint density at radius 1 is 1.00 bits per heavy atom. The second-order valence-electron chi connectivity index (χ2n) is 5.90. The largest absolute Gasteiger partial charge is 0.352 e. The summed E-state index contributed by atoms with van der Waals surface area (Å²) in [5.41, 5.74) is 2.72.